The molecule has 1 heterocycles. The highest BCUT2D eigenvalue weighted by Crippen LogP contribution is 2.01. The molecule has 1 rings (SSSR count). The van der Waals surface area contributed by atoms with E-state index in [1.807, 2.05) is 0 Å². The van der Waals surface area contributed by atoms with E-state index in [1.54, 1.807) is 7.05 Å². The molecule has 1 aliphatic heterocycles. The first-order chi connectivity index (χ1) is 6.02. The van der Waals surface area contributed by atoms with Gasteiger partial charge in [0.25, 0.3) is 0 Å². The van der Waals surface area contributed by atoms with Crippen LogP contribution in [0, 0.1) is 0 Å². The summed E-state index contributed by atoms with van der Waals surface area (Å²) in [6, 6.07) is 0. The first-order valence-corrected chi connectivity index (χ1v) is 4.26. The Kier molecular flexibility index (Phi) is 2.82. The van der Waals surface area contributed by atoms with Crippen molar-refractivity contribution in [1.82, 2.24) is 9.80 Å². The largest absolute Gasteiger partial charge is 0.392 e. The molecule has 0 aromatic rings. The number of nitrogens with zero attached hydrogens (tertiary/aromatic N) is 2. The van der Waals surface area contributed by atoms with Gasteiger partial charge in [-0.3, -0.25) is 9.59 Å². The van der Waals surface area contributed by atoms with Crippen LogP contribution in [-0.4, -0.2) is 53.3 Å². The predicted octanol–water partition coefficient (Wildman–Crippen LogP) is -1.43. The summed E-state index contributed by atoms with van der Waals surface area (Å²) >= 11 is 4.66. The van der Waals surface area contributed by atoms with Gasteiger partial charge in [-0.2, -0.15) is 0 Å². The maximum atomic E-state index is 11.3. The zero-order chi connectivity index (χ0) is 10.0. The van der Waals surface area contributed by atoms with Crippen LogP contribution in [-0.2, 0) is 9.59 Å². The van der Waals surface area contributed by atoms with Crippen LogP contribution in [0.2, 0.25) is 0 Å². The Labute approximate surface area is 81.5 Å². The van der Waals surface area contributed by atoms with Crippen LogP contribution in [0.1, 0.15) is 0 Å². The number of hydrogen-bond donors (Lipinski definition) is 1. The minimum atomic E-state index is -0.526. The van der Waals surface area contributed by atoms with Gasteiger partial charge in [0.2, 0.25) is 0 Å². The summed E-state index contributed by atoms with van der Waals surface area (Å²) in [4.78, 5) is 25.4. The average Bonchev–Trinajstić information content (AvgIpc) is 2.06. The number of amides is 2. The van der Waals surface area contributed by atoms with Gasteiger partial charge in [-0.1, -0.05) is 12.2 Å². The van der Waals surface area contributed by atoms with Gasteiger partial charge in [-0.25, -0.2) is 0 Å². The Morgan fingerprint density at radius 3 is 2.62 bits per heavy atom. The van der Waals surface area contributed by atoms with Crippen molar-refractivity contribution in [2.24, 2.45) is 5.73 Å². The molecule has 0 atom stereocenters. The molecular weight excluding hydrogens is 190 g/mol. The van der Waals surface area contributed by atoms with Crippen molar-refractivity contribution >= 4 is 29.0 Å². The average molecular weight is 201 g/mol. The third-order valence-corrected chi connectivity index (χ3v) is 2.00. The smallest absolute Gasteiger partial charge is 0.312 e. The molecule has 1 fully saturated rings. The highest BCUT2D eigenvalue weighted by Gasteiger charge is 2.30. The molecule has 0 aromatic carbocycles. The molecule has 13 heavy (non-hydrogen) atoms. The van der Waals surface area contributed by atoms with E-state index in [0.29, 0.717) is 13.1 Å². The third kappa shape index (κ3) is 2.15. The Morgan fingerprint density at radius 2 is 2.08 bits per heavy atom. The monoisotopic (exact) mass is 201 g/mol. The Hall–Kier alpha value is -1.17. The SMILES string of the molecule is CN1CCN(CC(N)=S)C(=O)C1=O. The molecule has 1 aliphatic rings. The Bertz CT molecular complexity index is 266. The molecule has 0 unspecified atom stereocenters. The van der Waals surface area contributed by atoms with E-state index in [-0.39, 0.29) is 11.5 Å². The van der Waals surface area contributed by atoms with Crippen LogP contribution >= 0.6 is 12.2 Å². The molecule has 0 aliphatic carbocycles. The molecule has 6 heteroatoms. The zero-order valence-corrected chi connectivity index (χ0v) is 8.13. The highest BCUT2D eigenvalue weighted by atomic mass is 32.1. The zero-order valence-electron chi connectivity index (χ0n) is 7.32. The molecule has 0 saturated carbocycles. The van der Waals surface area contributed by atoms with Crippen molar-refractivity contribution < 1.29 is 9.59 Å². The van der Waals surface area contributed by atoms with E-state index in [9.17, 15) is 9.59 Å². The molecule has 0 aromatic heterocycles. The van der Waals surface area contributed by atoms with Crippen molar-refractivity contribution in [3.05, 3.63) is 0 Å². The van der Waals surface area contributed by atoms with Gasteiger partial charge in [0.1, 0.15) is 0 Å². The summed E-state index contributed by atoms with van der Waals surface area (Å²) in [5.41, 5.74) is 5.28. The number of rotatable bonds is 2. The molecule has 0 spiro atoms. The van der Waals surface area contributed by atoms with Crippen molar-refractivity contribution in [2.45, 2.75) is 0 Å². The van der Waals surface area contributed by atoms with Crippen molar-refractivity contribution in [2.75, 3.05) is 26.7 Å². The predicted molar refractivity (Wildman–Crippen MR) is 51.0 cm³/mol. The lowest BCUT2D eigenvalue weighted by atomic mass is 10.3. The van der Waals surface area contributed by atoms with Crippen LogP contribution in [0.4, 0.5) is 0 Å². The summed E-state index contributed by atoms with van der Waals surface area (Å²) in [5, 5.41) is 0. The van der Waals surface area contributed by atoms with Gasteiger partial charge in [0, 0.05) is 20.1 Å². The molecule has 5 nitrogen and oxygen atoms in total. The summed E-state index contributed by atoms with van der Waals surface area (Å²) < 4.78 is 0. The van der Waals surface area contributed by atoms with E-state index in [1.165, 1.54) is 9.80 Å². The number of carbonyl (C=O) groups excluding carboxylic acids is 2. The van der Waals surface area contributed by atoms with Gasteiger partial charge in [0.05, 0.1) is 11.5 Å². The van der Waals surface area contributed by atoms with Gasteiger partial charge in [0.15, 0.2) is 0 Å². The fourth-order valence-corrected chi connectivity index (χ4v) is 1.27. The van der Waals surface area contributed by atoms with E-state index in [0.717, 1.165) is 0 Å². The van der Waals surface area contributed by atoms with E-state index < -0.39 is 11.8 Å². The van der Waals surface area contributed by atoms with Crippen molar-refractivity contribution in [3.8, 4) is 0 Å². The Morgan fingerprint density at radius 1 is 1.46 bits per heavy atom. The Balaban J connectivity index is 2.64. The summed E-state index contributed by atoms with van der Waals surface area (Å²) in [5.74, 6) is -1.02. The normalized spacial score (nSPS) is 17.9. The number of nitrogens with two attached hydrogens (primary N) is 1. The maximum Gasteiger partial charge on any atom is 0.312 e. The number of carbonyl (C=O) groups is 2. The fourth-order valence-electron chi connectivity index (χ4n) is 1.11. The van der Waals surface area contributed by atoms with Crippen LogP contribution in [0.15, 0.2) is 0 Å². The van der Waals surface area contributed by atoms with Crippen molar-refractivity contribution in [3.63, 3.8) is 0 Å². The minimum absolute atomic E-state index is 0.188. The van der Waals surface area contributed by atoms with Crippen LogP contribution in [0.3, 0.4) is 0 Å². The van der Waals surface area contributed by atoms with E-state index >= 15 is 0 Å². The van der Waals surface area contributed by atoms with E-state index in [2.05, 4.69) is 12.2 Å². The second-order valence-corrected chi connectivity index (χ2v) is 3.44. The number of thiocarbonyl (C=S) groups is 1. The standard InChI is InChI=1S/C7H11N3O2S/c1-9-2-3-10(4-5(8)13)7(12)6(9)11/h2-4H2,1H3,(H2,8,13). The van der Waals surface area contributed by atoms with Crippen LogP contribution in [0.5, 0.6) is 0 Å². The van der Waals surface area contributed by atoms with Gasteiger partial charge < -0.3 is 15.5 Å². The fraction of sp³-hybridized carbons (Fsp3) is 0.571. The topological polar surface area (TPSA) is 66.6 Å². The lowest BCUT2D eigenvalue weighted by molar-refractivity contribution is -0.154. The molecule has 1 saturated heterocycles. The highest BCUT2D eigenvalue weighted by molar-refractivity contribution is 7.80. The maximum absolute atomic E-state index is 11.3. The minimum Gasteiger partial charge on any atom is -0.392 e. The van der Waals surface area contributed by atoms with Gasteiger partial charge >= 0.3 is 11.8 Å². The summed E-state index contributed by atoms with van der Waals surface area (Å²) in [6.45, 7) is 1.22. The molecule has 72 valence electrons. The molecule has 2 N–H and O–H groups in total. The van der Waals surface area contributed by atoms with Crippen LogP contribution < -0.4 is 5.73 Å². The number of piperazine rings is 1. The quantitative estimate of drug-likeness (QED) is 0.439. The lowest BCUT2D eigenvalue weighted by Gasteiger charge is -2.30. The molecule has 2 amide bonds. The number of likely N-dealkylation sites (N-methyl/N-ethyl adjacent to an activating group) is 1. The second kappa shape index (κ2) is 3.69. The third-order valence-electron chi connectivity index (χ3n) is 1.87. The summed E-state index contributed by atoms with van der Waals surface area (Å²) in [6.07, 6.45) is 0. The second-order valence-electron chi connectivity index (χ2n) is 2.92. The number of hydrogen-bond acceptors (Lipinski definition) is 3. The lowest BCUT2D eigenvalue weighted by Crippen LogP contribution is -2.54. The summed E-state index contributed by atoms with van der Waals surface area (Å²) in [7, 11) is 1.60. The molecular formula is C7H11N3O2S. The van der Waals surface area contributed by atoms with Gasteiger partial charge in [-0.05, 0) is 0 Å². The van der Waals surface area contributed by atoms with Gasteiger partial charge in [-0.15, -0.1) is 0 Å². The first-order valence-electron chi connectivity index (χ1n) is 3.85. The molecule has 0 bridgehead atoms. The first kappa shape index (κ1) is 9.91. The van der Waals surface area contributed by atoms with Crippen LogP contribution in [0.25, 0.3) is 0 Å². The molecule has 0 radical (unpaired) electrons. The van der Waals surface area contributed by atoms with Crippen molar-refractivity contribution in [1.29, 1.82) is 0 Å². The van der Waals surface area contributed by atoms with E-state index in [4.69, 9.17) is 5.73 Å².